The molecule has 0 saturated heterocycles. The molecule has 170 valence electrons. The van der Waals surface area contributed by atoms with Crippen molar-refractivity contribution in [2.45, 2.75) is 24.9 Å². The second kappa shape index (κ2) is 10.1. The maximum atomic E-state index is 12.9. The number of hydrazone groups is 1. The van der Waals surface area contributed by atoms with Crippen LogP contribution in [0.3, 0.4) is 0 Å². The molecule has 0 radical (unpaired) electrons. The summed E-state index contributed by atoms with van der Waals surface area (Å²) in [6.45, 7) is 2.67. The molecular formula is C27H25N5OS. The summed E-state index contributed by atoms with van der Waals surface area (Å²) >= 11 is 1.40. The number of hydrogen-bond acceptors (Lipinski definition) is 5. The normalized spacial score (nSPS) is 13.2. The summed E-state index contributed by atoms with van der Waals surface area (Å²) in [5, 5.41) is 15.8. The molecule has 0 spiro atoms. The largest absolute Gasteiger partial charge is 0.274 e. The third-order valence-electron chi connectivity index (χ3n) is 5.69. The Kier molecular flexibility index (Phi) is 6.53. The number of rotatable bonds is 7. The van der Waals surface area contributed by atoms with Gasteiger partial charge < -0.3 is 0 Å². The first-order valence-corrected chi connectivity index (χ1v) is 12.3. The fourth-order valence-corrected chi connectivity index (χ4v) is 4.82. The van der Waals surface area contributed by atoms with Gasteiger partial charge in [0, 0.05) is 18.5 Å². The Bertz CT molecular complexity index is 1320. The van der Waals surface area contributed by atoms with Crippen LogP contribution in [-0.4, -0.2) is 43.7 Å². The number of nitrogens with zero attached hydrogens (tertiary/aromatic N) is 5. The minimum atomic E-state index is -0.0284. The third kappa shape index (κ3) is 4.94. The number of carbonyl (C=O) groups excluding carboxylic acids is 1. The second-order valence-corrected chi connectivity index (χ2v) is 9.15. The molecule has 0 fully saturated rings. The standard InChI is InChI=1S/C27H25N5OS/c1-20-9-8-14-23(17-20)32-25(18-21-10-4-2-5-11-21)28-29-27(32)34-19-26(33)31-16-15-24(30-31)22-12-6-3-7-13-22/h2-14,17H,15-16,18-19H2,1H3. The van der Waals surface area contributed by atoms with Gasteiger partial charge in [0.15, 0.2) is 5.16 Å². The molecule has 5 rings (SSSR count). The topological polar surface area (TPSA) is 63.4 Å². The predicted molar refractivity (Wildman–Crippen MR) is 135 cm³/mol. The van der Waals surface area contributed by atoms with E-state index in [4.69, 9.17) is 0 Å². The quantitative estimate of drug-likeness (QED) is 0.363. The zero-order valence-corrected chi connectivity index (χ0v) is 19.8. The molecular weight excluding hydrogens is 442 g/mol. The number of hydrogen-bond donors (Lipinski definition) is 0. The molecule has 0 saturated carbocycles. The highest BCUT2D eigenvalue weighted by molar-refractivity contribution is 7.99. The van der Waals surface area contributed by atoms with Crippen molar-refractivity contribution in [2.24, 2.45) is 5.10 Å². The monoisotopic (exact) mass is 467 g/mol. The van der Waals surface area contributed by atoms with E-state index >= 15 is 0 Å². The molecule has 1 aromatic heterocycles. The van der Waals surface area contributed by atoms with Gasteiger partial charge >= 0.3 is 0 Å². The molecule has 1 aliphatic rings. The van der Waals surface area contributed by atoms with Crippen LogP contribution in [-0.2, 0) is 11.2 Å². The van der Waals surface area contributed by atoms with Gasteiger partial charge in [0.05, 0.1) is 18.0 Å². The van der Waals surface area contributed by atoms with Gasteiger partial charge in [-0.3, -0.25) is 9.36 Å². The van der Waals surface area contributed by atoms with Crippen molar-refractivity contribution < 1.29 is 4.79 Å². The van der Waals surface area contributed by atoms with Gasteiger partial charge in [0.1, 0.15) is 5.82 Å². The first-order chi connectivity index (χ1) is 16.7. The summed E-state index contributed by atoms with van der Waals surface area (Å²) in [5.74, 6) is 1.07. The summed E-state index contributed by atoms with van der Waals surface area (Å²) < 4.78 is 2.06. The molecule has 7 heteroatoms. The van der Waals surface area contributed by atoms with Crippen molar-refractivity contribution in [3.05, 3.63) is 107 Å². The average molecular weight is 468 g/mol. The zero-order chi connectivity index (χ0) is 23.3. The molecule has 2 heterocycles. The smallest absolute Gasteiger partial charge is 0.253 e. The SMILES string of the molecule is Cc1cccc(-n2c(Cc3ccccc3)nnc2SCC(=O)N2CCC(c3ccccc3)=N2)c1. The van der Waals surface area contributed by atoms with Gasteiger partial charge in [-0.2, -0.15) is 5.10 Å². The number of aryl methyl sites for hydroxylation is 1. The Morgan fingerprint density at radius 2 is 1.71 bits per heavy atom. The van der Waals surface area contributed by atoms with Crippen LogP contribution >= 0.6 is 11.8 Å². The van der Waals surface area contributed by atoms with Crippen molar-refractivity contribution in [3.8, 4) is 5.69 Å². The highest BCUT2D eigenvalue weighted by Crippen LogP contribution is 2.25. The Labute approximate surface area is 203 Å². The van der Waals surface area contributed by atoms with Crippen LogP contribution in [0, 0.1) is 6.92 Å². The van der Waals surface area contributed by atoms with Crippen molar-refractivity contribution in [1.29, 1.82) is 0 Å². The number of thioether (sulfide) groups is 1. The number of amides is 1. The molecule has 34 heavy (non-hydrogen) atoms. The molecule has 0 unspecified atom stereocenters. The minimum absolute atomic E-state index is 0.0284. The van der Waals surface area contributed by atoms with Crippen LogP contribution in [0.25, 0.3) is 5.69 Å². The number of benzene rings is 3. The zero-order valence-electron chi connectivity index (χ0n) is 19.0. The van der Waals surface area contributed by atoms with E-state index in [1.807, 2.05) is 60.7 Å². The van der Waals surface area contributed by atoms with Crippen LogP contribution in [0.5, 0.6) is 0 Å². The fourth-order valence-electron chi connectivity index (χ4n) is 3.98. The van der Waals surface area contributed by atoms with Crippen LogP contribution in [0.1, 0.15) is 28.9 Å². The van der Waals surface area contributed by atoms with Gasteiger partial charge in [-0.05, 0) is 35.7 Å². The molecule has 0 N–H and O–H groups in total. The van der Waals surface area contributed by atoms with E-state index in [9.17, 15) is 4.79 Å². The van der Waals surface area contributed by atoms with E-state index in [2.05, 4.69) is 51.1 Å². The second-order valence-electron chi connectivity index (χ2n) is 8.20. The first kappa shape index (κ1) is 22.1. The van der Waals surface area contributed by atoms with Crippen molar-refractivity contribution in [1.82, 2.24) is 19.8 Å². The molecule has 0 aliphatic carbocycles. The molecule has 3 aromatic carbocycles. The lowest BCUT2D eigenvalue weighted by Gasteiger charge is -2.13. The summed E-state index contributed by atoms with van der Waals surface area (Å²) in [5.41, 5.74) is 5.33. The molecule has 4 aromatic rings. The van der Waals surface area contributed by atoms with Crippen molar-refractivity contribution in [3.63, 3.8) is 0 Å². The molecule has 0 bridgehead atoms. The van der Waals surface area contributed by atoms with Crippen LogP contribution < -0.4 is 0 Å². The highest BCUT2D eigenvalue weighted by Gasteiger charge is 2.23. The summed E-state index contributed by atoms with van der Waals surface area (Å²) in [6.07, 6.45) is 1.42. The first-order valence-electron chi connectivity index (χ1n) is 11.3. The lowest BCUT2D eigenvalue weighted by atomic mass is 10.1. The summed E-state index contributed by atoms with van der Waals surface area (Å²) in [4.78, 5) is 12.9. The maximum Gasteiger partial charge on any atom is 0.253 e. The van der Waals surface area contributed by atoms with E-state index in [1.54, 1.807) is 5.01 Å². The predicted octanol–water partition coefficient (Wildman–Crippen LogP) is 4.90. The van der Waals surface area contributed by atoms with Gasteiger partial charge in [-0.1, -0.05) is 84.6 Å². The van der Waals surface area contributed by atoms with Crippen LogP contribution in [0.2, 0.25) is 0 Å². The Hall–Kier alpha value is -3.71. The average Bonchev–Trinajstić information content (AvgIpc) is 3.52. The molecule has 0 atom stereocenters. The highest BCUT2D eigenvalue weighted by atomic mass is 32.2. The minimum Gasteiger partial charge on any atom is -0.274 e. The van der Waals surface area contributed by atoms with Crippen LogP contribution in [0.4, 0.5) is 0 Å². The van der Waals surface area contributed by atoms with Crippen LogP contribution in [0.15, 0.2) is 95.2 Å². The summed E-state index contributed by atoms with van der Waals surface area (Å²) in [6, 6.07) is 28.5. The molecule has 1 amide bonds. The lowest BCUT2D eigenvalue weighted by Crippen LogP contribution is -2.25. The third-order valence-corrected chi connectivity index (χ3v) is 6.60. The van der Waals surface area contributed by atoms with Gasteiger partial charge in [-0.25, -0.2) is 5.01 Å². The molecule has 1 aliphatic heterocycles. The fraction of sp³-hybridized carbons (Fsp3) is 0.185. The van der Waals surface area contributed by atoms with Gasteiger partial charge in [-0.15, -0.1) is 10.2 Å². The van der Waals surface area contributed by atoms with E-state index in [-0.39, 0.29) is 11.7 Å². The Morgan fingerprint density at radius 3 is 2.47 bits per heavy atom. The molecule has 6 nitrogen and oxygen atoms in total. The van der Waals surface area contributed by atoms with Gasteiger partial charge in [0.2, 0.25) is 0 Å². The Morgan fingerprint density at radius 1 is 0.941 bits per heavy atom. The van der Waals surface area contributed by atoms with E-state index in [0.717, 1.165) is 40.3 Å². The van der Waals surface area contributed by atoms with Crippen molar-refractivity contribution >= 4 is 23.4 Å². The maximum absolute atomic E-state index is 12.9. The lowest BCUT2D eigenvalue weighted by molar-refractivity contribution is -0.127. The Balaban J connectivity index is 1.35. The number of carbonyl (C=O) groups is 1. The summed E-state index contributed by atoms with van der Waals surface area (Å²) in [7, 11) is 0. The van der Waals surface area contributed by atoms with Crippen molar-refractivity contribution in [2.75, 3.05) is 12.3 Å². The van der Waals surface area contributed by atoms with E-state index in [1.165, 1.54) is 11.8 Å². The van der Waals surface area contributed by atoms with E-state index in [0.29, 0.717) is 18.1 Å². The van der Waals surface area contributed by atoms with E-state index < -0.39 is 0 Å². The number of aromatic nitrogens is 3. The van der Waals surface area contributed by atoms with Gasteiger partial charge in [0.25, 0.3) is 5.91 Å².